The van der Waals surface area contributed by atoms with Crippen LogP contribution in [-0.4, -0.2) is 47.9 Å². The van der Waals surface area contributed by atoms with Gasteiger partial charge in [-0.2, -0.15) is 14.6 Å². The van der Waals surface area contributed by atoms with Gasteiger partial charge in [0.25, 0.3) is 11.3 Å². The zero-order chi connectivity index (χ0) is 15.5. The van der Waals surface area contributed by atoms with Crippen LogP contribution in [-0.2, 0) is 13.1 Å². The van der Waals surface area contributed by atoms with Gasteiger partial charge in [0.2, 0.25) is 0 Å². The molecule has 0 amide bonds. The summed E-state index contributed by atoms with van der Waals surface area (Å²) in [7, 11) is 2.02. The smallest absolute Gasteiger partial charge is 0.274 e. The molecule has 0 saturated carbocycles. The molecule has 0 radical (unpaired) electrons. The number of aromatic nitrogens is 6. The molecule has 0 aliphatic rings. The van der Waals surface area contributed by atoms with Crippen molar-refractivity contribution >= 4 is 5.78 Å². The zero-order valence-electron chi connectivity index (χ0n) is 12.7. The molecule has 3 aromatic heterocycles. The first-order valence-electron chi connectivity index (χ1n) is 7.23. The highest BCUT2D eigenvalue weighted by Crippen LogP contribution is 2.01. The predicted octanol–water partition coefficient (Wildman–Crippen LogP) is 0.445. The van der Waals surface area contributed by atoms with Gasteiger partial charge in [-0.05, 0) is 26.5 Å². The van der Waals surface area contributed by atoms with Crippen molar-refractivity contribution in [2.24, 2.45) is 0 Å². The lowest BCUT2D eigenvalue weighted by molar-refractivity contribution is 0.308. The van der Waals surface area contributed by atoms with E-state index < -0.39 is 0 Å². The van der Waals surface area contributed by atoms with Crippen molar-refractivity contribution in [1.29, 1.82) is 0 Å². The van der Waals surface area contributed by atoms with Gasteiger partial charge in [-0.15, -0.1) is 0 Å². The molecular formula is C14H19N7O. The van der Waals surface area contributed by atoms with Gasteiger partial charge in [-0.1, -0.05) is 0 Å². The lowest BCUT2D eigenvalue weighted by Crippen LogP contribution is -2.23. The highest BCUT2D eigenvalue weighted by Gasteiger charge is 2.08. The minimum absolute atomic E-state index is 0.134. The van der Waals surface area contributed by atoms with Crippen molar-refractivity contribution in [2.45, 2.75) is 26.4 Å². The number of aryl methyl sites for hydroxylation is 2. The predicted molar refractivity (Wildman–Crippen MR) is 81.5 cm³/mol. The van der Waals surface area contributed by atoms with E-state index in [2.05, 4.69) is 25.1 Å². The molecule has 0 atom stereocenters. The molecule has 0 bridgehead atoms. The molecule has 116 valence electrons. The SMILES string of the molecule is Cc1nc2nc(CN(C)CCCn3cccn3)cc(=O)n2[nH]1. The maximum Gasteiger partial charge on any atom is 0.274 e. The van der Waals surface area contributed by atoms with Crippen LogP contribution in [0.5, 0.6) is 0 Å². The van der Waals surface area contributed by atoms with Crippen LogP contribution in [0.4, 0.5) is 0 Å². The van der Waals surface area contributed by atoms with Gasteiger partial charge in [0.15, 0.2) is 0 Å². The van der Waals surface area contributed by atoms with E-state index in [0.29, 0.717) is 18.1 Å². The Hall–Kier alpha value is -2.48. The van der Waals surface area contributed by atoms with Gasteiger partial charge in [0.1, 0.15) is 5.82 Å². The van der Waals surface area contributed by atoms with E-state index in [1.165, 1.54) is 4.52 Å². The zero-order valence-corrected chi connectivity index (χ0v) is 12.7. The van der Waals surface area contributed by atoms with Crippen molar-refractivity contribution in [3.05, 3.63) is 46.4 Å². The maximum absolute atomic E-state index is 12.0. The summed E-state index contributed by atoms with van der Waals surface area (Å²) in [6.07, 6.45) is 4.72. The Morgan fingerprint density at radius 2 is 2.23 bits per heavy atom. The molecule has 8 heteroatoms. The Kier molecular flexibility index (Phi) is 4.01. The fourth-order valence-electron chi connectivity index (χ4n) is 2.41. The molecule has 0 aliphatic heterocycles. The summed E-state index contributed by atoms with van der Waals surface area (Å²) in [4.78, 5) is 22.7. The van der Waals surface area contributed by atoms with Gasteiger partial charge >= 0.3 is 0 Å². The fraction of sp³-hybridized carbons (Fsp3) is 0.429. The first kappa shape index (κ1) is 14.5. The van der Waals surface area contributed by atoms with E-state index in [1.807, 2.05) is 24.0 Å². The van der Waals surface area contributed by atoms with E-state index >= 15 is 0 Å². The second-order valence-corrected chi connectivity index (χ2v) is 5.39. The van der Waals surface area contributed by atoms with E-state index in [0.717, 1.165) is 25.2 Å². The molecule has 3 aromatic rings. The number of hydrogen-bond acceptors (Lipinski definition) is 5. The molecule has 0 fully saturated rings. The van der Waals surface area contributed by atoms with E-state index in [-0.39, 0.29) is 5.56 Å². The number of hydrogen-bond donors (Lipinski definition) is 1. The number of nitrogens with zero attached hydrogens (tertiary/aromatic N) is 6. The molecule has 0 aliphatic carbocycles. The van der Waals surface area contributed by atoms with Gasteiger partial charge in [0.05, 0.1) is 5.69 Å². The lowest BCUT2D eigenvalue weighted by atomic mass is 10.3. The largest absolute Gasteiger partial charge is 0.300 e. The molecule has 0 spiro atoms. The third-order valence-electron chi connectivity index (χ3n) is 3.41. The maximum atomic E-state index is 12.0. The Balaban J connectivity index is 1.61. The summed E-state index contributed by atoms with van der Waals surface area (Å²) in [5.41, 5.74) is 0.601. The van der Waals surface area contributed by atoms with Crippen molar-refractivity contribution in [2.75, 3.05) is 13.6 Å². The Labute approximate surface area is 127 Å². The average molecular weight is 301 g/mol. The highest BCUT2D eigenvalue weighted by atomic mass is 16.1. The Morgan fingerprint density at radius 3 is 3.00 bits per heavy atom. The number of H-pyrrole nitrogens is 1. The summed E-state index contributed by atoms with van der Waals surface area (Å²) in [6, 6.07) is 3.47. The molecule has 8 nitrogen and oxygen atoms in total. The summed E-state index contributed by atoms with van der Waals surface area (Å²) < 4.78 is 3.27. The third kappa shape index (κ3) is 3.22. The van der Waals surface area contributed by atoms with Crippen LogP contribution >= 0.6 is 0 Å². The van der Waals surface area contributed by atoms with Crippen LogP contribution in [0.3, 0.4) is 0 Å². The molecular weight excluding hydrogens is 282 g/mol. The molecule has 0 unspecified atom stereocenters. The third-order valence-corrected chi connectivity index (χ3v) is 3.41. The van der Waals surface area contributed by atoms with Gasteiger partial charge < -0.3 is 4.90 Å². The molecule has 3 heterocycles. The lowest BCUT2D eigenvalue weighted by Gasteiger charge is -2.15. The first-order chi connectivity index (χ1) is 10.6. The quantitative estimate of drug-likeness (QED) is 0.714. The van der Waals surface area contributed by atoms with Crippen LogP contribution in [0.1, 0.15) is 17.9 Å². The van der Waals surface area contributed by atoms with E-state index in [1.54, 1.807) is 19.2 Å². The highest BCUT2D eigenvalue weighted by molar-refractivity contribution is 5.27. The Bertz CT molecular complexity index is 802. The van der Waals surface area contributed by atoms with Crippen LogP contribution in [0.15, 0.2) is 29.3 Å². The normalized spacial score (nSPS) is 11.6. The second kappa shape index (κ2) is 6.10. The number of nitrogens with one attached hydrogen (secondary N) is 1. The minimum atomic E-state index is -0.134. The van der Waals surface area contributed by atoms with Gasteiger partial charge in [-0.25, -0.2) is 4.98 Å². The van der Waals surface area contributed by atoms with Crippen molar-refractivity contribution in [3.63, 3.8) is 0 Å². The Morgan fingerprint density at radius 1 is 1.36 bits per heavy atom. The summed E-state index contributed by atoms with van der Waals surface area (Å²) in [5.74, 6) is 1.10. The van der Waals surface area contributed by atoms with E-state index in [4.69, 9.17) is 0 Å². The average Bonchev–Trinajstić information content (AvgIpc) is 3.08. The van der Waals surface area contributed by atoms with Gasteiger partial charge in [-0.3, -0.25) is 14.6 Å². The molecule has 3 rings (SSSR count). The topological polar surface area (TPSA) is 84.1 Å². The monoisotopic (exact) mass is 301 g/mol. The van der Waals surface area contributed by atoms with Crippen LogP contribution in [0, 0.1) is 6.92 Å². The standard InChI is InChI=1S/C14H19N7O/c1-11-16-14-17-12(9-13(22)21(14)18-11)10-19(2)6-4-8-20-7-3-5-15-20/h3,5,7,9H,4,6,8,10H2,1-2H3,(H,16,17,18). The number of rotatable bonds is 6. The van der Waals surface area contributed by atoms with Crippen LogP contribution in [0.2, 0.25) is 0 Å². The van der Waals surface area contributed by atoms with Crippen molar-refractivity contribution in [3.8, 4) is 0 Å². The number of fused-ring (bicyclic) bond motifs is 1. The summed E-state index contributed by atoms with van der Waals surface area (Å²) in [6.45, 7) is 4.21. The number of aromatic amines is 1. The van der Waals surface area contributed by atoms with E-state index in [9.17, 15) is 4.79 Å². The first-order valence-corrected chi connectivity index (χ1v) is 7.23. The second-order valence-electron chi connectivity index (χ2n) is 5.39. The van der Waals surface area contributed by atoms with Crippen LogP contribution < -0.4 is 5.56 Å². The minimum Gasteiger partial charge on any atom is -0.300 e. The van der Waals surface area contributed by atoms with Crippen LogP contribution in [0.25, 0.3) is 5.78 Å². The molecule has 0 saturated heterocycles. The summed E-state index contributed by atoms with van der Waals surface area (Å²) >= 11 is 0. The van der Waals surface area contributed by atoms with Crippen molar-refractivity contribution in [1.82, 2.24) is 34.3 Å². The molecule has 1 N–H and O–H groups in total. The summed E-state index contributed by atoms with van der Waals surface area (Å²) in [5, 5.41) is 7.04. The van der Waals surface area contributed by atoms with Gasteiger partial charge in [0, 0.05) is 38.1 Å². The van der Waals surface area contributed by atoms with Crippen molar-refractivity contribution < 1.29 is 0 Å². The molecule has 22 heavy (non-hydrogen) atoms. The fourth-order valence-corrected chi connectivity index (χ4v) is 2.41. The molecule has 0 aromatic carbocycles.